The van der Waals surface area contributed by atoms with Crippen LogP contribution < -0.4 is 5.43 Å². The van der Waals surface area contributed by atoms with Gasteiger partial charge in [-0.2, -0.15) is 0 Å². The second kappa shape index (κ2) is 6.29. The summed E-state index contributed by atoms with van der Waals surface area (Å²) < 4.78 is 0. The molecule has 2 heterocycles. The van der Waals surface area contributed by atoms with Crippen LogP contribution in [0.1, 0.15) is 53.4 Å². The van der Waals surface area contributed by atoms with Crippen LogP contribution >= 0.6 is 11.8 Å². The van der Waals surface area contributed by atoms with Crippen LogP contribution in [0.15, 0.2) is 4.99 Å². The first-order valence-electron chi connectivity index (χ1n) is 7.32. The molecule has 104 valence electrons. The number of hydrogen-bond donors (Lipinski definition) is 1. The first-order chi connectivity index (χ1) is 8.56. The fourth-order valence-corrected chi connectivity index (χ4v) is 3.85. The van der Waals surface area contributed by atoms with E-state index in [9.17, 15) is 0 Å². The second-order valence-corrected chi connectivity index (χ2v) is 7.19. The van der Waals surface area contributed by atoms with E-state index in [1.54, 1.807) is 0 Å². The fraction of sp³-hybridized carbons (Fsp3) is 0.929. The molecule has 0 aromatic rings. The molecular formula is C14H27N3S. The summed E-state index contributed by atoms with van der Waals surface area (Å²) in [6.07, 6.45) is 5.16. The number of aliphatic imine (C=N–C) groups is 1. The predicted octanol–water partition coefficient (Wildman–Crippen LogP) is 3.27. The molecule has 3 nitrogen and oxygen atoms in total. The Kier molecular flexibility index (Phi) is 4.96. The molecule has 2 aliphatic heterocycles. The summed E-state index contributed by atoms with van der Waals surface area (Å²) in [5.41, 5.74) is 3.57. The third kappa shape index (κ3) is 3.64. The van der Waals surface area contributed by atoms with Crippen molar-refractivity contribution in [2.45, 2.75) is 71.5 Å². The van der Waals surface area contributed by atoms with Crippen molar-refractivity contribution in [3.05, 3.63) is 0 Å². The fourth-order valence-electron chi connectivity index (χ4n) is 2.89. The van der Waals surface area contributed by atoms with E-state index in [0.29, 0.717) is 18.1 Å². The van der Waals surface area contributed by atoms with Crippen LogP contribution in [0.25, 0.3) is 0 Å². The maximum absolute atomic E-state index is 4.82. The number of hydrazine groups is 1. The number of rotatable bonds is 3. The molecule has 0 spiro atoms. The molecule has 1 fully saturated rings. The normalized spacial score (nSPS) is 33.8. The van der Waals surface area contributed by atoms with Gasteiger partial charge in [0.15, 0.2) is 5.17 Å². The van der Waals surface area contributed by atoms with Crippen molar-refractivity contribution < 1.29 is 0 Å². The Bertz CT molecular complexity index is 293. The number of thioether (sulfide) groups is 1. The summed E-state index contributed by atoms with van der Waals surface area (Å²) in [7, 11) is 0. The van der Waals surface area contributed by atoms with Crippen molar-refractivity contribution in [2.75, 3.05) is 5.75 Å². The highest BCUT2D eigenvalue weighted by Crippen LogP contribution is 2.25. The van der Waals surface area contributed by atoms with Gasteiger partial charge < -0.3 is 0 Å². The molecule has 2 aliphatic rings. The standard InChI is InChI=1S/C14H27N3S/c1-10(2)8-13-9-18-14(15-13)16-17-11(3)6-5-7-12(17)4/h10-13H,5-9H2,1-4H3,(H,15,16). The summed E-state index contributed by atoms with van der Waals surface area (Å²) in [6.45, 7) is 9.18. The molecule has 1 saturated heterocycles. The van der Waals surface area contributed by atoms with Crippen LogP contribution in [0.2, 0.25) is 0 Å². The zero-order chi connectivity index (χ0) is 13.1. The number of amidine groups is 1. The van der Waals surface area contributed by atoms with Gasteiger partial charge in [-0.3, -0.25) is 10.4 Å². The van der Waals surface area contributed by atoms with E-state index in [-0.39, 0.29) is 0 Å². The van der Waals surface area contributed by atoms with Gasteiger partial charge in [-0.25, -0.2) is 5.01 Å². The lowest BCUT2D eigenvalue weighted by atomic mass is 10.00. The van der Waals surface area contributed by atoms with Gasteiger partial charge in [0.2, 0.25) is 0 Å². The zero-order valence-electron chi connectivity index (χ0n) is 12.1. The molecular weight excluding hydrogens is 242 g/mol. The van der Waals surface area contributed by atoms with Gasteiger partial charge in [0.05, 0.1) is 6.04 Å². The van der Waals surface area contributed by atoms with E-state index in [4.69, 9.17) is 4.99 Å². The first kappa shape index (κ1) is 14.2. The van der Waals surface area contributed by atoms with Gasteiger partial charge in [-0.1, -0.05) is 32.0 Å². The molecule has 0 aromatic heterocycles. The maximum atomic E-state index is 4.82. The number of nitrogens with zero attached hydrogens (tertiary/aromatic N) is 2. The number of nitrogens with one attached hydrogen (secondary N) is 1. The van der Waals surface area contributed by atoms with Gasteiger partial charge in [0.25, 0.3) is 0 Å². The predicted molar refractivity (Wildman–Crippen MR) is 80.9 cm³/mol. The minimum Gasteiger partial charge on any atom is -0.297 e. The summed E-state index contributed by atoms with van der Waals surface area (Å²) in [5, 5.41) is 3.55. The highest BCUT2D eigenvalue weighted by molar-refractivity contribution is 8.14. The van der Waals surface area contributed by atoms with Crippen molar-refractivity contribution in [2.24, 2.45) is 10.9 Å². The Morgan fingerprint density at radius 3 is 2.61 bits per heavy atom. The molecule has 0 saturated carbocycles. The summed E-state index contributed by atoms with van der Waals surface area (Å²) >= 11 is 1.89. The summed E-state index contributed by atoms with van der Waals surface area (Å²) in [5.74, 6) is 1.89. The Labute approximate surface area is 116 Å². The zero-order valence-corrected chi connectivity index (χ0v) is 13.0. The molecule has 3 atom stereocenters. The van der Waals surface area contributed by atoms with Gasteiger partial charge in [-0.05, 0) is 39.0 Å². The molecule has 0 amide bonds. The van der Waals surface area contributed by atoms with Crippen molar-refractivity contribution in [3.63, 3.8) is 0 Å². The Hall–Kier alpha value is -0.220. The quantitative estimate of drug-likeness (QED) is 0.852. The van der Waals surface area contributed by atoms with Crippen molar-refractivity contribution >= 4 is 16.9 Å². The minimum absolute atomic E-state index is 0.521. The summed E-state index contributed by atoms with van der Waals surface area (Å²) in [6, 6.07) is 1.77. The molecule has 0 bridgehead atoms. The van der Waals surface area contributed by atoms with E-state index in [1.807, 2.05) is 11.8 Å². The number of piperidine rings is 1. The third-order valence-electron chi connectivity index (χ3n) is 3.87. The van der Waals surface area contributed by atoms with E-state index < -0.39 is 0 Å². The van der Waals surface area contributed by atoms with Crippen LogP contribution in [0, 0.1) is 5.92 Å². The van der Waals surface area contributed by atoms with Crippen molar-refractivity contribution in [1.29, 1.82) is 0 Å². The largest absolute Gasteiger partial charge is 0.297 e. The first-order valence-corrected chi connectivity index (χ1v) is 8.30. The molecule has 18 heavy (non-hydrogen) atoms. The van der Waals surface area contributed by atoms with E-state index in [0.717, 1.165) is 16.8 Å². The second-order valence-electron chi connectivity index (χ2n) is 6.18. The maximum Gasteiger partial charge on any atom is 0.171 e. The van der Waals surface area contributed by atoms with Gasteiger partial charge in [0, 0.05) is 17.8 Å². The van der Waals surface area contributed by atoms with Crippen LogP contribution in [-0.2, 0) is 0 Å². The average molecular weight is 269 g/mol. The highest BCUT2D eigenvalue weighted by atomic mass is 32.2. The lowest BCUT2D eigenvalue weighted by molar-refractivity contribution is 0.0752. The topological polar surface area (TPSA) is 27.6 Å². The van der Waals surface area contributed by atoms with E-state index in [2.05, 4.69) is 38.1 Å². The minimum atomic E-state index is 0.521. The van der Waals surface area contributed by atoms with Gasteiger partial charge in [-0.15, -0.1) is 0 Å². The van der Waals surface area contributed by atoms with Gasteiger partial charge in [0.1, 0.15) is 0 Å². The van der Waals surface area contributed by atoms with Crippen LogP contribution in [0.4, 0.5) is 0 Å². The van der Waals surface area contributed by atoms with Crippen molar-refractivity contribution in [3.8, 4) is 0 Å². The molecule has 0 aliphatic carbocycles. The van der Waals surface area contributed by atoms with Gasteiger partial charge >= 0.3 is 0 Å². The summed E-state index contributed by atoms with van der Waals surface area (Å²) in [4.78, 5) is 4.82. The highest BCUT2D eigenvalue weighted by Gasteiger charge is 2.27. The molecule has 0 aromatic carbocycles. The lowest BCUT2D eigenvalue weighted by Gasteiger charge is -2.39. The average Bonchev–Trinajstić information content (AvgIpc) is 2.70. The molecule has 0 radical (unpaired) electrons. The van der Waals surface area contributed by atoms with Crippen molar-refractivity contribution in [1.82, 2.24) is 10.4 Å². The molecule has 1 N–H and O–H groups in total. The lowest BCUT2D eigenvalue weighted by Crippen LogP contribution is -2.53. The van der Waals surface area contributed by atoms with E-state index in [1.165, 1.54) is 25.7 Å². The van der Waals surface area contributed by atoms with Crippen LogP contribution in [0.3, 0.4) is 0 Å². The molecule has 2 rings (SSSR count). The Morgan fingerprint density at radius 2 is 2.00 bits per heavy atom. The van der Waals surface area contributed by atoms with E-state index >= 15 is 0 Å². The monoisotopic (exact) mass is 269 g/mol. The smallest absolute Gasteiger partial charge is 0.171 e. The molecule has 4 heteroatoms. The third-order valence-corrected chi connectivity index (χ3v) is 4.90. The Morgan fingerprint density at radius 1 is 1.33 bits per heavy atom. The van der Waals surface area contributed by atoms with Crippen LogP contribution in [-0.4, -0.2) is 34.1 Å². The SMILES string of the molecule is CC(C)CC1CSC(NN2C(C)CCCC2C)=N1. The van der Waals surface area contributed by atoms with Crippen LogP contribution in [0.5, 0.6) is 0 Å². The molecule has 3 unspecified atom stereocenters. The number of hydrogen-bond acceptors (Lipinski definition) is 4. The Balaban J connectivity index is 1.89.